The lowest BCUT2D eigenvalue weighted by Crippen LogP contribution is -1.88. The van der Waals surface area contributed by atoms with Crippen molar-refractivity contribution in [3.63, 3.8) is 0 Å². The van der Waals surface area contributed by atoms with E-state index < -0.39 is 0 Å². The highest BCUT2D eigenvalue weighted by atomic mass is 32.2. The van der Waals surface area contributed by atoms with Crippen LogP contribution in [0.5, 0.6) is 0 Å². The quantitative estimate of drug-likeness (QED) is 0.669. The average Bonchev–Trinajstić information content (AvgIpc) is 3.11. The number of hydrogen-bond acceptors (Lipinski definition) is 7. The number of aromatic nitrogens is 3. The first-order valence-corrected chi connectivity index (χ1v) is 8.46. The second-order valence-corrected chi connectivity index (χ2v) is 6.74. The molecule has 0 fully saturated rings. The maximum absolute atomic E-state index is 5.62. The van der Waals surface area contributed by atoms with Gasteiger partial charge in [0.1, 0.15) is 0 Å². The Balaban J connectivity index is 1.58. The van der Waals surface area contributed by atoms with Crippen LogP contribution in [0.15, 0.2) is 32.7 Å². The van der Waals surface area contributed by atoms with Crippen LogP contribution in [0.1, 0.15) is 10.6 Å². The van der Waals surface area contributed by atoms with Crippen molar-refractivity contribution in [2.75, 3.05) is 5.75 Å². The zero-order valence-corrected chi connectivity index (χ0v) is 12.6. The van der Waals surface area contributed by atoms with Crippen LogP contribution in [-0.2, 0) is 6.42 Å². The molecule has 0 aliphatic carbocycles. The Kier molecular flexibility index (Phi) is 3.95. The van der Waals surface area contributed by atoms with Crippen molar-refractivity contribution >= 4 is 34.4 Å². The van der Waals surface area contributed by atoms with Gasteiger partial charge in [0.2, 0.25) is 0 Å². The first kappa shape index (κ1) is 12.8. The minimum absolute atomic E-state index is 0.603. The second-order valence-electron chi connectivity index (χ2n) is 3.81. The lowest BCUT2D eigenvalue weighted by molar-refractivity contribution is 0.467. The zero-order valence-electron chi connectivity index (χ0n) is 10.2. The summed E-state index contributed by atoms with van der Waals surface area (Å²) in [5, 5.41) is 10.7. The van der Waals surface area contributed by atoms with E-state index in [1.165, 1.54) is 4.88 Å². The van der Waals surface area contributed by atoms with E-state index in [1.807, 2.05) is 29.9 Å². The highest BCUT2D eigenvalue weighted by Gasteiger charge is 2.10. The van der Waals surface area contributed by atoms with E-state index in [0.29, 0.717) is 11.1 Å². The predicted molar refractivity (Wildman–Crippen MR) is 78.9 cm³/mol. The molecular weight excluding hydrogens is 298 g/mol. The fourth-order valence-electron chi connectivity index (χ4n) is 1.57. The number of hydrogen-bond donors (Lipinski definition) is 0. The molecule has 7 heteroatoms. The van der Waals surface area contributed by atoms with Crippen LogP contribution in [-0.4, -0.2) is 20.9 Å². The van der Waals surface area contributed by atoms with Gasteiger partial charge in [0, 0.05) is 10.6 Å². The molecule has 4 nitrogen and oxygen atoms in total. The molecule has 3 aromatic rings. The lowest BCUT2D eigenvalue weighted by atomic mass is 10.3. The van der Waals surface area contributed by atoms with E-state index in [2.05, 4.69) is 15.2 Å². The van der Waals surface area contributed by atoms with Crippen LogP contribution >= 0.6 is 34.4 Å². The molecular formula is C12H11N3OS3. The Hall–Kier alpha value is -1.18. The van der Waals surface area contributed by atoms with Gasteiger partial charge in [-0.15, -0.1) is 32.9 Å². The van der Waals surface area contributed by atoms with Gasteiger partial charge >= 0.3 is 0 Å². The minimum atomic E-state index is 0.603. The van der Waals surface area contributed by atoms with Gasteiger partial charge in [-0.25, -0.2) is 4.98 Å². The molecule has 0 N–H and O–H groups in total. The van der Waals surface area contributed by atoms with Gasteiger partial charge in [-0.3, -0.25) is 0 Å². The van der Waals surface area contributed by atoms with Crippen LogP contribution < -0.4 is 0 Å². The normalized spacial score (nSPS) is 11.0. The van der Waals surface area contributed by atoms with Gasteiger partial charge in [0.15, 0.2) is 0 Å². The van der Waals surface area contributed by atoms with Crippen LogP contribution in [0.4, 0.5) is 0 Å². The van der Waals surface area contributed by atoms with E-state index in [4.69, 9.17) is 4.42 Å². The first-order valence-electron chi connectivity index (χ1n) is 5.72. The van der Waals surface area contributed by atoms with Crippen LogP contribution in [0, 0.1) is 6.92 Å². The molecule has 0 spiro atoms. The molecule has 0 saturated heterocycles. The van der Waals surface area contributed by atoms with E-state index in [0.717, 1.165) is 22.7 Å². The monoisotopic (exact) mass is 309 g/mol. The van der Waals surface area contributed by atoms with E-state index in [1.54, 1.807) is 34.4 Å². The van der Waals surface area contributed by atoms with Gasteiger partial charge in [-0.1, -0.05) is 17.8 Å². The van der Waals surface area contributed by atoms with Crippen molar-refractivity contribution in [3.05, 3.63) is 33.6 Å². The third kappa shape index (κ3) is 3.05. The summed E-state index contributed by atoms with van der Waals surface area (Å²) >= 11 is 4.89. The Morgan fingerprint density at radius 2 is 2.26 bits per heavy atom. The maximum Gasteiger partial charge on any atom is 0.276 e. The van der Waals surface area contributed by atoms with Gasteiger partial charge in [0.05, 0.1) is 16.1 Å². The third-order valence-electron chi connectivity index (χ3n) is 2.54. The Labute approximate surface area is 122 Å². The summed E-state index contributed by atoms with van der Waals surface area (Å²) in [6.45, 7) is 2.04. The molecule has 3 aromatic heterocycles. The van der Waals surface area contributed by atoms with Crippen molar-refractivity contribution < 1.29 is 4.42 Å². The van der Waals surface area contributed by atoms with Crippen LogP contribution in [0.3, 0.4) is 0 Å². The lowest BCUT2D eigenvalue weighted by Gasteiger charge is -1.95. The number of rotatable bonds is 5. The van der Waals surface area contributed by atoms with E-state index in [9.17, 15) is 0 Å². The van der Waals surface area contributed by atoms with E-state index in [-0.39, 0.29) is 0 Å². The highest BCUT2D eigenvalue weighted by Crippen LogP contribution is 2.27. The highest BCUT2D eigenvalue weighted by molar-refractivity contribution is 7.99. The molecule has 3 rings (SSSR count). The molecule has 0 unspecified atom stereocenters. The fourth-order valence-corrected chi connectivity index (χ4v) is 3.84. The number of aryl methyl sites for hydroxylation is 2. The van der Waals surface area contributed by atoms with Gasteiger partial charge in [0.25, 0.3) is 11.1 Å². The average molecular weight is 309 g/mol. The molecule has 0 aromatic carbocycles. The summed E-state index contributed by atoms with van der Waals surface area (Å²) in [6, 6.07) is 3.96. The minimum Gasteiger partial charge on any atom is -0.410 e. The number of nitrogens with zero attached hydrogens (tertiary/aromatic N) is 3. The smallest absolute Gasteiger partial charge is 0.276 e. The number of thiazole rings is 1. The zero-order chi connectivity index (χ0) is 13.1. The van der Waals surface area contributed by atoms with Gasteiger partial charge < -0.3 is 4.42 Å². The number of thioether (sulfide) groups is 1. The fraction of sp³-hybridized carbons (Fsp3) is 0.250. The second kappa shape index (κ2) is 5.85. The summed E-state index contributed by atoms with van der Waals surface area (Å²) in [6.07, 6.45) is 0.984. The topological polar surface area (TPSA) is 51.8 Å². The molecule has 0 aliphatic heterocycles. The van der Waals surface area contributed by atoms with Crippen LogP contribution in [0.25, 0.3) is 10.8 Å². The van der Waals surface area contributed by atoms with Crippen molar-refractivity contribution in [3.8, 4) is 10.8 Å². The van der Waals surface area contributed by atoms with Crippen LogP contribution in [0.2, 0.25) is 0 Å². The predicted octanol–water partition coefficient (Wildman–Crippen LogP) is 3.90. The van der Waals surface area contributed by atoms with Gasteiger partial charge in [-0.05, 0) is 24.8 Å². The Morgan fingerprint density at radius 1 is 1.32 bits per heavy atom. The summed E-state index contributed by atoms with van der Waals surface area (Å²) in [7, 11) is 0. The molecule has 19 heavy (non-hydrogen) atoms. The maximum atomic E-state index is 5.62. The van der Waals surface area contributed by atoms with Crippen molar-refractivity contribution in [2.45, 2.75) is 18.6 Å². The Bertz CT molecular complexity index is 645. The molecule has 0 atom stereocenters. The summed E-state index contributed by atoms with van der Waals surface area (Å²) in [5.74, 6) is 1.53. The molecule has 98 valence electrons. The van der Waals surface area contributed by atoms with Crippen molar-refractivity contribution in [2.24, 2.45) is 0 Å². The standard InChI is InChI=1S/C12H11N3OS3/c1-8-9(19-7-13-8)4-6-18-12-15-14-11(16-12)10-3-2-5-17-10/h2-3,5,7H,4,6H2,1H3. The van der Waals surface area contributed by atoms with Crippen molar-refractivity contribution in [1.29, 1.82) is 0 Å². The molecule has 0 saturated carbocycles. The first-order chi connectivity index (χ1) is 9.33. The third-order valence-corrected chi connectivity index (χ3v) is 5.21. The molecule has 0 radical (unpaired) electrons. The Morgan fingerprint density at radius 3 is 3.00 bits per heavy atom. The summed E-state index contributed by atoms with van der Waals surface area (Å²) in [4.78, 5) is 6.58. The molecule has 3 heterocycles. The number of thiophene rings is 1. The van der Waals surface area contributed by atoms with Crippen molar-refractivity contribution in [1.82, 2.24) is 15.2 Å². The summed E-state index contributed by atoms with van der Waals surface area (Å²) < 4.78 is 5.62. The molecule has 0 amide bonds. The molecule has 0 aliphatic rings. The largest absolute Gasteiger partial charge is 0.410 e. The SMILES string of the molecule is Cc1ncsc1CCSc1nnc(-c2cccs2)o1. The van der Waals surface area contributed by atoms with Gasteiger partial charge in [-0.2, -0.15) is 0 Å². The van der Waals surface area contributed by atoms with E-state index >= 15 is 0 Å². The molecule has 0 bridgehead atoms. The summed E-state index contributed by atoms with van der Waals surface area (Å²) in [5.41, 5.74) is 3.01.